The maximum atomic E-state index is 13.1. The standard InChI is InChI=1S/C15H9BrF2O2/c16-12-7-10(18)1-3-11(12)15(19)14-6-8-5-9(17)2-4-13(8)20-14/h1-7,15,19H. The van der Waals surface area contributed by atoms with Crippen LogP contribution in [-0.2, 0) is 0 Å². The van der Waals surface area contributed by atoms with E-state index in [1.807, 2.05) is 0 Å². The molecule has 0 radical (unpaired) electrons. The van der Waals surface area contributed by atoms with Crippen LogP contribution in [0.15, 0.2) is 51.4 Å². The van der Waals surface area contributed by atoms with E-state index in [-0.39, 0.29) is 11.6 Å². The first-order chi connectivity index (χ1) is 9.54. The molecule has 1 N–H and O–H groups in total. The van der Waals surface area contributed by atoms with Crippen molar-refractivity contribution in [2.45, 2.75) is 6.10 Å². The molecule has 0 aliphatic heterocycles. The van der Waals surface area contributed by atoms with Crippen LogP contribution < -0.4 is 0 Å². The summed E-state index contributed by atoms with van der Waals surface area (Å²) >= 11 is 3.20. The molecule has 0 aliphatic rings. The molecule has 3 rings (SSSR count). The normalized spacial score (nSPS) is 12.8. The second-order valence-corrected chi connectivity index (χ2v) is 5.25. The fourth-order valence-corrected chi connectivity index (χ4v) is 2.61. The van der Waals surface area contributed by atoms with Gasteiger partial charge in [-0.25, -0.2) is 8.78 Å². The number of furan rings is 1. The Morgan fingerprint density at radius 1 is 1.00 bits per heavy atom. The highest BCUT2D eigenvalue weighted by Crippen LogP contribution is 2.32. The molecule has 0 spiro atoms. The Kier molecular flexibility index (Phi) is 3.31. The average molecular weight is 339 g/mol. The van der Waals surface area contributed by atoms with Crippen LogP contribution in [0.4, 0.5) is 8.78 Å². The molecule has 1 heterocycles. The molecule has 20 heavy (non-hydrogen) atoms. The van der Waals surface area contributed by atoms with Crippen molar-refractivity contribution in [3.8, 4) is 0 Å². The lowest BCUT2D eigenvalue weighted by molar-refractivity contribution is 0.191. The van der Waals surface area contributed by atoms with Crippen LogP contribution in [0, 0.1) is 11.6 Å². The molecule has 0 saturated carbocycles. The number of aliphatic hydroxyl groups excluding tert-OH is 1. The Hall–Kier alpha value is -1.72. The molecule has 3 aromatic rings. The van der Waals surface area contributed by atoms with Gasteiger partial charge in [0.2, 0.25) is 0 Å². The van der Waals surface area contributed by atoms with E-state index in [9.17, 15) is 13.9 Å². The lowest BCUT2D eigenvalue weighted by Crippen LogP contribution is -1.99. The maximum absolute atomic E-state index is 13.1. The van der Waals surface area contributed by atoms with E-state index >= 15 is 0 Å². The monoisotopic (exact) mass is 338 g/mol. The van der Waals surface area contributed by atoms with Crippen molar-refractivity contribution < 1.29 is 18.3 Å². The van der Waals surface area contributed by atoms with Crippen molar-refractivity contribution >= 4 is 26.9 Å². The summed E-state index contributed by atoms with van der Waals surface area (Å²) in [5, 5.41) is 10.9. The van der Waals surface area contributed by atoms with Gasteiger partial charge in [-0.1, -0.05) is 22.0 Å². The van der Waals surface area contributed by atoms with E-state index in [1.54, 1.807) is 6.07 Å². The first kappa shape index (κ1) is 13.3. The summed E-state index contributed by atoms with van der Waals surface area (Å²) in [5.74, 6) is -0.500. The number of halogens is 3. The molecule has 2 nitrogen and oxygen atoms in total. The van der Waals surface area contributed by atoms with E-state index < -0.39 is 11.9 Å². The third-order valence-electron chi connectivity index (χ3n) is 3.02. The minimum absolute atomic E-state index is 0.276. The first-order valence-corrected chi connectivity index (χ1v) is 6.66. The van der Waals surface area contributed by atoms with Gasteiger partial charge in [0.05, 0.1) is 0 Å². The number of benzene rings is 2. The van der Waals surface area contributed by atoms with Crippen molar-refractivity contribution in [3.05, 3.63) is 69.9 Å². The van der Waals surface area contributed by atoms with Crippen LogP contribution in [0.2, 0.25) is 0 Å². The number of hydrogen-bond donors (Lipinski definition) is 1. The third-order valence-corrected chi connectivity index (χ3v) is 3.71. The van der Waals surface area contributed by atoms with E-state index in [4.69, 9.17) is 4.42 Å². The summed E-state index contributed by atoms with van der Waals surface area (Å²) in [6, 6.07) is 9.67. The fourth-order valence-electron chi connectivity index (χ4n) is 2.05. The largest absolute Gasteiger partial charge is 0.458 e. The highest BCUT2D eigenvalue weighted by Gasteiger charge is 2.18. The molecular weight excluding hydrogens is 330 g/mol. The van der Waals surface area contributed by atoms with E-state index in [0.29, 0.717) is 21.0 Å². The number of fused-ring (bicyclic) bond motifs is 1. The molecule has 1 aromatic heterocycles. The van der Waals surface area contributed by atoms with Gasteiger partial charge in [0.15, 0.2) is 0 Å². The Morgan fingerprint density at radius 2 is 1.70 bits per heavy atom. The molecule has 5 heteroatoms. The predicted molar refractivity (Wildman–Crippen MR) is 74.3 cm³/mol. The molecule has 0 aliphatic carbocycles. The molecule has 0 fully saturated rings. The Bertz CT molecular complexity index is 783. The molecule has 0 saturated heterocycles. The molecular formula is C15H9BrF2O2. The summed E-state index contributed by atoms with van der Waals surface area (Å²) in [5.41, 5.74) is 0.963. The van der Waals surface area contributed by atoms with Crippen LogP contribution >= 0.6 is 15.9 Å². The van der Waals surface area contributed by atoms with Gasteiger partial charge in [0.1, 0.15) is 29.1 Å². The van der Waals surface area contributed by atoms with Crippen LogP contribution in [0.5, 0.6) is 0 Å². The van der Waals surface area contributed by atoms with Crippen molar-refractivity contribution in [1.29, 1.82) is 0 Å². The highest BCUT2D eigenvalue weighted by molar-refractivity contribution is 9.10. The van der Waals surface area contributed by atoms with Gasteiger partial charge in [0.25, 0.3) is 0 Å². The number of aliphatic hydroxyl groups is 1. The predicted octanol–water partition coefficient (Wildman–Crippen LogP) is 4.56. The zero-order valence-electron chi connectivity index (χ0n) is 10.1. The number of rotatable bonds is 2. The minimum atomic E-state index is -1.06. The summed E-state index contributed by atoms with van der Waals surface area (Å²) in [6.07, 6.45) is -1.06. The summed E-state index contributed by atoms with van der Waals surface area (Å²) in [4.78, 5) is 0. The Balaban J connectivity index is 2.05. The molecule has 1 unspecified atom stereocenters. The SMILES string of the molecule is OC(c1cc2cc(F)ccc2o1)c1ccc(F)cc1Br. The fraction of sp³-hybridized carbons (Fsp3) is 0.0667. The van der Waals surface area contributed by atoms with Crippen molar-refractivity contribution in [2.24, 2.45) is 0 Å². The van der Waals surface area contributed by atoms with Gasteiger partial charge in [0, 0.05) is 15.4 Å². The molecule has 1 atom stereocenters. The second-order valence-electron chi connectivity index (χ2n) is 4.40. The zero-order valence-corrected chi connectivity index (χ0v) is 11.7. The quantitative estimate of drug-likeness (QED) is 0.743. The zero-order chi connectivity index (χ0) is 14.3. The van der Waals surface area contributed by atoms with Crippen LogP contribution in [0.3, 0.4) is 0 Å². The topological polar surface area (TPSA) is 33.4 Å². The van der Waals surface area contributed by atoms with Gasteiger partial charge in [-0.2, -0.15) is 0 Å². The first-order valence-electron chi connectivity index (χ1n) is 5.86. The van der Waals surface area contributed by atoms with Crippen molar-refractivity contribution in [2.75, 3.05) is 0 Å². The maximum Gasteiger partial charge on any atom is 0.138 e. The lowest BCUT2D eigenvalue weighted by Gasteiger charge is -2.10. The van der Waals surface area contributed by atoms with Crippen LogP contribution in [0.25, 0.3) is 11.0 Å². The number of hydrogen-bond acceptors (Lipinski definition) is 2. The second kappa shape index (κ2) is 5.00. The average Bonchev–Trinajstić information content (AvgIpc) is 2.81. The summed E-state index contributed by atoms with van der Waals surface area (Å²) in [7, 11) is 0. The van der Waals surface area contributed by atoms with Gasteiger partial charge in [-0.3, -0.25) is 0 Å². The van der Waals surface area contributed by atoms with Crippen LogP contribution in [0.1, 0.15) is 17.4 Å². The van der Waals surface area contributed by atoms with E-state index in [0.717, 1.165) is 0 Å². The smallest absolute Gasteiger partial charge is 0.138 e. The van der Waals surface area contributed by atoms with E-state index in [2.05, 4.69) is 15.9 Å². The summed E-state index contributed by atoms with van der Waals surface area (Å²) in [6.45, 7) is 0. The van der Waals surface area contributed by atoms with E-state index in [1.165, 1.54) is 36.4 Å². The van der Waals surface area contributed by atoms with Gasteiger partial charge < -0.3 is 9.52 Å². The van der Waals surface area contributed by atoms with Gasteiger partial charge in [-0.15, -0.1) is 0 Å². The molecule has 0 bridgehead atoms. The Labute approximate surface area is 121 Å². The third kappa shape index (κ3) is 2.34. The summed E-state index contributed by atoms with van der Waals surface area (Å²) < 4.78 is 32.1. The molecule has 2 aromatic carbocycles. The molecule has 0 amide bonds. The van der Waals surface area contributed by atoms with Crippen molar-refractivity contribution in [1.82, 2.24) is 0 Å². The molecule has 102 valence electrons. The van der Waals surface area contributed by atoms with Gasteiger partial charge >= 0.3 is 0 Å². The van der Waals surface area contributed by atoms with Crippen molar-refractivity contribution in [3.63, 3.8) is 0 Å². The van der Waals surface area contributed by atoms with Crippen LogP contribution in [-0.4, -0.2) is 5.11 Å². The highest BCUT2D eigenvalue weighted by atomic mass is 79.9. The lowest BCUT2D eigenvalue weighted by atomic mass is 10.1. The minimum Gasteiger partial charge on any atom is -0.458 e. The van der Waals surface area contributed by atoms with Gasteiger partial charge in [-0.05, 0) is 36.4 Å². The Morgan fingerprint density at radius 3 is 2.45 bits per heavy atom.